The Labute approximate surface area is 146 Å². The smallest absolute Gasteiger partial charge is 0.116 e. The average molecular weight is 334 g/mol. The molecule has 1 aliphatic rings. The van der Waals surface area contributed by atoms with Gasteiger partial charge in [-0.15, -0.1) is 0 Å². The van der Waals surface area contributed by atoms with E-state index in [1.807, 2.05) is 36.5 Å². The van der Waals surface area contributed by atoms with Gasteiger partial charge in [0, 0.05) is 22.5 Å². The molecule has 0 spiro atoms. The molecule has 2 nitrogen and oxygen atoms in total. The van der Waals surface area contributed by atoms with Crippen molar-refractivity contribution < 1.29 is 5.11 Å². The monoisotopic (exact) mass is 333 g/mol. The van der Waals surface area contributed by atoms with E-state index in [1.165, 1.54) is 11.1 Å². The molecule has 0 radical (unpaired) electrons. The molecule has 1 aliphatic carbocycles. The van der Waals surface area contributed by atoms with Crippen LogP contribution < -0.4 is 0 Å². The third-order valence-electron chi connectivity index (χ3n) is 4.35. The van der Waals surface area contributed by atoms with Gasteiger partial charge in [0.05, 0.1) is 0 Å². The van der Waals surface area contributed by atoms with Crippen molar-refractivity contribution in [2.75, 3.05) is 0 Å². The topological polar surface area (TPSA) is 33.1 Å². The highest BCUT2D eigenvalue weighted by Crippen LogP contribution is 2.35. The number of halogens is 1. The van der Waals surface area contributed by atoms with Crippen molar-refractivity contribution >= 4 is 23.3 Å². The number of fused-ring (bicyclic) bond motifs is 2. The van der Waals surface area contributed by atoms with Gasteiger partial charge in [-0.05, 0) is 71.5 Å². The molecule has 1 aromatic heterocycles. The summed E-state index contributed by atoms with van der Waals surface area (Å²) in [6.45, 7) is 0. The predicted molar refractivity (Wildman–Crippen MR) is 98.2 cm³/mol. The molecule has 118 valence electrons. The fourth-order valence-corrected chi connectivity index (χ4v) is 3.44. The molecule has 0 atom stereocenters. The van der Waals surface area contributed by atoms with Crippen molar-refractivity contribution in [3.63, 3.8) is 0 Å². The van der Waals surface area contributed by atoms with Crippen LogP contribution in [0.15, 0.2) is 60.8 Å². The summed E-state index contributed by atoms with van der Waals surface area (Å²) in [4.78, 5) is 4.57. The first-order chi connectivity index (χ1) is 11.7. The van der Waals surface area contributed by atoms with Gasteiger partial charge >= 0.3 is 0 Å². The summed E-state index contributed by atoms with van der Waals surface area (Å²) >= 11 is 6.20. The molecular formula is C21H16ClNO. The summed E-state index contributed by atoms with van der Waals surface area (Å²) in [7, 11) is 0. The maximum Gasteiger partial charge on any atom is 0.116 e. The molecule has 24 heavy (non-hydrogen) atoms. The van der Waals surface area contributed by atoms with Crippen LogP contribution in [0.25, 0.3) is 11.6 Å². The maximum atomic E-state index is 9.77. The van der Waals surface area contributed by atoms with Crippen molar-refractivity contribution in [2.24, 2.45) is 0 Å². The minimum atomic E-state index is 0.265. The van der Waals surface area contributed by atoms with Crippen LogP contribution >= 0.6 is 11.6 Å². The second-order valence-corrected chi connectivity index (χ2v) is 6.39. The van der Waals surface area contributed by atoms with Gasteiger partial charge in [0.2, 0.25) is 0 Å². The number of benzene rings is 2. The van der Waals surface area contributed by atoms with E-state index >= 15 is 0 Å². The predicted octanol–water partition coefficient (Wildman–Crippen LogP) is 5.13. The minimum Gasteiger partial charge on any atom is -0.508 e. The van der Waals surface area contributed by atoms with Crippen LogP contribution in [-0.4, -0.2) is 10.1 Å². The van der Waals surface area contributed by atoms with E-state index in [0.717, 1.165) is 40.3 Å². The number of phenols is 1. The third kappa shape index (κ3) is 2.81. The molecule has 0 fully saturated rings. The van der Waals surface area contributed by atoms with Crippen molar-refractivity contribution in [2.45, 2.75) is 12.8 Å². The number of aryl methyl sites for hydroxylation is 2. The van der Waals surface area contributed by atoms with Crippen LogP contribution in [0.4, 0.5) is 0 Å². The number of hydrogen-bond donors (Lipinski definition) is 1. The Morgan fingerprint density at radius 1 is 0.958 bits per heavy atom. The minimum absolute atomic E-state index is 0.265. The third-order valence-corrected chi connectivity index (χ3v) is 4.59. The van der Waals surface area contributed by atoms with Crippen LogP contribution in [0, 0.1) is 0 Å². The van der Waals surface area contributed by atoms with Gasteiger partial charge in [0.25, 0.3) is 0 Å². The summed E-state index contributed by atoms with van der Waals surface area (Å²) in [5.74, 6) is 0.265. The van der Waals surface area contributed by atoms with E-state index in [-0.39, 0.29) is 5.75 Å². The molecule has 3 heteroatoms. The Morgan fingerprint density at radius 3 is 2.75 bits per heavy atom. The summed E-state index contributed by atoms with van der Waals surface area (Å²) in [6.07, 6.45) is 5.75. The highest BCUT2D eigenvalue weighted by atomic mass is 35.5. The number of aromatic nitrogens is 1. The van der Waals surface area contributed by atoms with Crippen LogP contribution in [-0.2, 0) is 12.8 Å². The van der Waals surface area contributed by atoms with Gasteiger partial charge in [-0.25, -0.2) is 0 Å². The van der Waals surface area contributed by atoms with Crippen LogP contribution in [0.5, 0.6) is 5.75 Å². The quantitative estimate of drug-likeness (QED) is 0.669. The molecule has 3 aromatic rings. The van der Waals surface area contributed by atoms with Gasteiger partial charge in [-0.2, -0.15) is 0 Å². The second-order valence-electron chi connectivity index (χ2n) is 5.95. The van der Waals surface area contributed by atoms with Crippen molar-refractivity contribution in [1.29, 1.82) is 0 Å². The number of pyridine rings is 1. The van der Waals surface area contributed by atoms with Gasteiger partial charge in [0.15, 0.2) is 0 Å². The zero-order valence-electron chi connectivity index (χ0n) is 13.0. The van der Waals surface area contributed by atoms with Crippen molar-refractivity contribution in [1.82, 2.24) is 4.98 Å². The highest BCUT2D eigenvalue weighted by molar-refractivity contribution is 6.30. The first kappa shape index (κ1) is 15.0. The summed E-state index contributed by atoms with van der Waals surface area (Å²) in [5.41, 5.74) is 6.72. The summed E-state index contributed by atoms with van der Waals surface area (Å²) in [6, 6.07) is 17.4. The normalized spacial score (nSPS) is 14.8. The SMILES string of the molecule is Oc1cccc(/C=C2/c3ccc(Cl)cc3CCc3ncccc32)c1. The molecular weight excluding hydrogens is 318 g/mol. The van der Waals surface area contributed by atoms with Gasteiger partial charge < -0.3 is 5.11 Å². The zero-order valence-corrected chi connectivity index (χ0v) is 13.8. The molecule has 0 saturated carbocycles. The number of rotatable bonds is 1. The Balaban J connectivity index is 1.97. The van der Waals surface area contributed by atoms with Crippen LogP contribution in [0.3, 0.4) is 0 Å². The standard InChI is InChI=1S/C21H16ClNO/c22-16-7-8-18-15(13-16)6-9-21-19(5-2-10-23-21)20(18)12-14-3-1-4-17(24)11-14/h1-5,7-8,10-13,24H,6,9H2/b20-12-. The number of aromatic hydroxyl groups is 1. The molecule has 2 aromatic carbocycles. The lowest BCUT2D eigenvalue weighted by atomic mass is 9.93. The van der Waals surface area contributed by atoms with Gasteiger partial charge in [0.1, 0.15) is 5.75 Å². The Bertz CT molecular complexity index is 946. The first-order valence-corrected chi connectivity index (χ1v) is 8.32. The van der Waals surface area contributed by atoms with Gasteiger partial charge in [-0.1, -0.05) is 35.9 Å². The van der Waals surface area contributed by atoms with E-state index in [4.69, 9.17) is 11.6 Å². The lowest BCUT2D eigenvalue weighted by Gasteiger charge is -2.12. The summed E-state index contributed by atoms with van der Waals surface area (Å²) < 4.78 is 0. The van der Waals surface area contributed by atoms with E-state index in [0.29, 0.717) is 0 Å². The molecule has 0 saturated heterocycles. The van der Waals surface area contributed by atoms with Crippen molar-refractivity contribution in [3.8, 4) is 5.75 Å². The zero-order chi connectivity index (χ0) is 16.5. The number of phenolic OH excluding ortho intramolecular Hbond substituents is 1. The Morgan fingerprint density at radius 2 is 1.88 bits per heavy atom. The van der Waals surface area contributed by atoms with Crippen LogP contribution in [0.1, 0.15) is 27.9 Å². The van der Waals surface area contributed by atoms with E-state index in [2.05, 4.69) is 23.2 Å². The van der Waals surface area contributed by atoms with E-state index in [9.17, 15) is 5.11 Å². The molecule has 0 unspecified atom stereocenters. The molecule has 1 heterocycles. The first-order valence-electron chi connectivity index (χ1n) is 7.94. The lowest BCUT2D eigenvalue weighted by molar-refractivity contribution is 0.475. The molecule has 1 N–H and O–H groups in total. The molecule has 0 amide bonds. The summed E-state index contributed by atoms with van der Waals surface area (Å²) in [5, 5.41) is 10.5. The second kappa shape index (κ2) is 6.14. The van der Waals surface area contributed by atoms with Gasteiger partial charge in [-0.3, -0.25) is 4.98 Å². The molecule has 4 rings (SSSR count). The van der Waals surface area contributed by atoms with Crippen LogP contribution in [0.2, 0.25) is 5.02 Å². The fourth-order valence-electron chi connectivity index (χ4n) is 3.25. The van der Waals surface area contributed by atoms with E-state index < -0.39 is 0 Å². The Hall–Kier alpha value is -2.58. The fraction of sp³-hybridized carbons (Fsp3) is 0.0952. The van der Waals surface area contributed by atoms with E-state index in [1.54, 1.807) is 12.1 Å². The maximum absolute atomic E-state index is 9.77. The highest BCUT2D eigenvalue weighted by Gasteiger charge is 2.19. The number of hydrogen-bond acceptors (Lipinski definition) is 2. The molecule has 0 aliphatic heterocycles. The van der Waals surface area contributed by atoms with Crippen molar-refractivity contribution in [3.05, 3.63) is 93.8 Å². The molecule has 0 bridgehead atoms. The average Bonchev–Trinajstić information content (AvgIpc) is 2.73. The lowest BCUT2D eigenvalue weighted by Crippen LogP contribution is -1.95. The Kier molecular flexibility index (Phi) is 3.83. The number of nitrogens with zero attached hydrogens (tertiary/aromatic N) is 1. The largest absolute Gasteiger partial charge is 0.508 e.